The molecule has 0 saturated carbocycles. The zero-order valence-electron chi connectivity index (χ0n) is 9.94. The monoisotopic (exact) mass is 282 g/mol. The number of rotatable bonds is 4. The van der Waals surface area contributed by atoms with Crippen LogP contribution in [0.4, 0.5) is 5.69 Å². The van der Waals surface area contributed by atoms with Crippen LogP contribution in [0.25, 0.3) is 0 Å². The van der Waals surface area contributed by atoms with Gasteiger partial charge in [0.1, 0.15) is 11.5 Å². The van der Waals surface area contributed by atoms with E-state index in [4.69, 9.17) is 4.42 Å². The molecule has 0 unspecified atom stereocenters. The van der Waals surface area contributed by atoms with Crippen molar-refractivity contribution in [3.63, 3.8) is 0 Å². The highest BCUT2D eigenvalue weighted by Crippen LogP contribution is 2.25. The first-order valence-electron chi connectivity index (χ1n) is 5.27. The van der Waals surface area contributed by atoms with E-state index >= 15 is 0 Å². The Morgan fingerprint density at radius 1 is 1.37 bits per heavy atom. The molecular weight excluding hydrogens is 272 g/mol. The molecule has 0 aliphatic rings. The predicted molar refractivity (Wildman–Crippen MR) is 65.2 cm³/mol. The fourth-order valence-corrected chi connectivity index (χ4v) is 2.96. The van der Waals surface area contributed by atoms with Gasteiger partial charge in [-0.1, -0.05) is 0 Å². The molecule has 0 atom stereocenters. The van der Waals surface area contributed by atoms with Crippen molar-refractivity contribution in [3.8, 4) is 0 Å². The van der Waals surface area contributed by atoms with Crippen LogP contribution in [0.2, 0.25) is 0 Å². The summed E-state index contributed by atoms with van der Waals surface area (Å²) in [5.41, 5.74) is -0.138. The summed E-state index contributed by atoms with van der Waals surface area (Å²) in [4.78, 5) is 13.9. The number of hydrogen-bond donors (Lipinski definition) is 0. The van der Waals surface area contributed by atoms with Crippen LogP contribution in [0, 0.1) is 17.0 Å². The van der Waals surface area contributed by atoms with Crippen LogP contribution in [0.3, 0.4) is 0 Å². The van der Waals surface area contributed by atoms with Crippen LogP contribution in [-0.2, 0) is 15.6 Å². The summed E-state index contributed by atoms with van der Waals surface area (Å²) in [7, 11) is -3.93. The summed E-state index contributed by atoms with van der Waals surface area (Å²) in [5.74, 6) is -0.255. The van der Waals surface area contributed by atoms with E-state index in [-0.39, 0.29) is 5.76 Å². The molecule has 0 aromatic carbocycles. The Balaban J connectivity index is 2.50. The Hall–Kier alpha value is -2.22. The number of nitro groups is 1. The van der Waals surface area contributed by atoms with E-state index in [0.717, 1.165) is 6.07 Å². The maximum absolute atomic E-state index is 12.2. The quantitative estimate of drug-likeness (QED) is 0.626. The number of aromatic nitrogens is 1. The number of hydrogen-bond acceptors (Lipinski definition) is 6. The third-order valence-electron chi connectivity index (χ3n) is 2.38. The van der Waals surface area contributed by atoms with Gasteiger partial charge < -0.3 is 4.42 Å². The van der Waals surface area contributed by atoms with Gasteiger partial charge in [-0.05, 0) is 25.1 Å². The predicted octanol–water partition coefficient (Wildman–Crippen LogP) is 1.87. The van der Waals surface area contributed by atoms with Crippen molar-refractivity contribution in [2.45, 2.75) is 17.7 Å². The maximum Gasteiger partial charge on any atom is 0.306 e. The lowest BCUT2D eigenvalue weighted by molar-refractivity contribution is -0.388. The molecule has 0 N–H and O–H groups in total. The van der Waals surface area contributed by atoms with E-state index in [2.05, 4.69) is 4.98 Å². The first-order valence-corrected chi connectivity index (χ1v) is 6.92. The Morgan fingerprint density at radius 2 is 2.11 bits per heavy atom. The second-order valence-electron chi connectivity index (χ2n) is 3.87. The normalized spacial score (nSPS) is 11.4. The topological polar surface area (TPSA) is 103 Å². The molecule has 0 saturated heterocycles. The highest BCUT2D eigenvalue weighted by Gasteiger charge is 2.28. The van der Waals surface area contributed by atoms with Crippen molar-refractivity contribution < 1.29 is 17.8 Å². The van der Waals surface area contributed by atoms with Crippen LogP contribution >= 0.6 is 0 Å². The SMILES string of the molecule is Cc1ccc([N+](=O)[O-])c(S(=O)(=O)Cc2ccco2)n1. The lowest BCUT2D eigenvalue weighted by Crippen LogP contribution is -2.10. The van der Waals surface area contributed by atoms with Gasteiger partial charge in [0.25, 0.3) is 0 Å². The van der Waals surface area contributed by atoms with Gasteiger partial charge >= 0.3 is 5.69 Å². The third kappa shape index (κ3) is 2.79. The summed E-state index contributed by atoms with van der Waals surface area (Å²) >= 11 is 0. The molecule has 2 rings (SSSR count). The molecule has 0 radical (unpaired) electrons. The lowest BCUT2D eigenvalue weighted by Gasteiger charge is -2.04. The van der Waals surface area contributed by atoms with Gasteiger partial charge in [0.2, 0.25) is 14.9 Å². The average molecular weight is 282 g/mol. The van der Waals surface area contributed by atoms with Crippen molar-refractivity contribution in [2.24, 2.45) is 0 Å². The molecular formula is C11H10N2O5S. The smallest absolute Gasteiger partial charge is 0.306 e. The molecule has 2 aromatic rings. The average Bonchev–Trinajstić information content (AvgIpc) is 2.80. The van der Waals surface area contributed by atoms with Gasteiger partial charge in [-0.2, -0.15) is 0 Å². The molecule has 8 heteroatoms. The van der Waals surface area contributed by atoms with Crippen molar-refractivity contribution in [1.82, 2.24) is 4.98 Å². The number of furan rings is 1. The van der Waals surface area contributed by atoms with Crippen LogP contribution in [0.5, 0.6) is 0 Å². The van der Waals surface area contributed by atoms with E-state index in [1.54, 1.807) is 13.0 Å². The fourth-order valence-electron chi connectivity index (χ4n) is 1.54. The molecule has 0 aliphatic carbocycles. The number of nitrogens with zero attached hydrogens (tertiary/aromatic N) is 2. The largest absolute Gasteiger partial charge is 0.468 e. The van der Waals surface area contributed by atoms with Crippen molar-refractivity contribution >= 4 is 15.5 Å². The maximum atomic E-state index is 12.2. The molecule has 0 bridgehead atoms. The lowest BCUT2D eigenvalue weighted by atomic mass is 10.3. The highest BCUT2D eigenvalue weighted by molar-refractivity contribution is 7.90. The summed E-state index contributed by atoms with van der Waals surface area (Å²) in [6, 6.07) is 5.56. The molecule has 2 aromatic heterocycles. The molecule has 0 aliphatic heterocycles. The highest BCUT2D eigenvalue weighted by atomic mass is 32.2. The van der Waals surface area contributed by atoms with E-state index in [1.165, 1.54) is 18.4 Å². The van der Waals surface area contributed by atoms with Gasteiger partial charge in [-0.3, -0.25) is 10.1 Å². The minimum Gasteiger partial charge on any atom is -0.468 e. The second kappa shape index (κ2) is 4.81. The standard InChI is InChI=1S/C11H10N2O5S/c1-8-4-5-10(13(14)15)11(12-8)19(16,17)7-9-3-2-6-18-9/h2-6H,7H2,1H3. The fraction of sp³-hybridized carbons (Fsp3) is 0.182. The number of pyridine rings is 1. The summed E-state index contributed by atoms with van der Waals surface area (Å²) < 4.78 is 29.2. The summed E-state index contributed by atoms with van der Waals surface area (Å²) in [5, 5.41) is 10.3. The van der Waals surface area contributed by atoms with E-state index in [9.17, 15) is 18.5 Å². The molecule has 0 fully saturated rings. The third-order valence-corrected chi connectivity index (χ3v) is 3.94. The van der Waals surface area contributed by atoms with E-state index < -0.39 is 31.2 Å². The van der Waals surface area contributed by atoms with Crippen LogP contribution in [0.15, 0.2) is 40.0 Å². The first-order chi connectivity index (χ1) is 8.90. The zero-order chi connectivity index (χ0) is 14.0. The van der Waals surface area contributed by atoms with Gasteiger partial charge in [-0.25, -0.2) is 13.4 Å². The van der Waals surface area contributed by atoms with E-state index in [0.29, 0.717) is 5.69 Å². The van der Waals surface area contributed by atoms with Crippen molar-refractivity contribution in [1.29, 1.82) is 0 Å². The molecule has 19 heavy (non-hydrogen) atoms. The second-order valence-corrected chi connectivity index (χ2v) is 5.78. The first kappa shape index (κ1) is 13.2. The molecule has 100 valence electrons. The van der Waals surface area contributed by atoms with Crippen LogP contribution in [-0.4, -0.2) is 18.3 Å². The van der Waals surface area contributed by atoms with Gasteiger partial charge in [0, 0.05) is 11.8 Å². The van der Waals surface area contributed by atoms with Crippen molar-refractivity contribution in [2.75, 3.05) is 0 Å². The minimum absolute atomic E-state index is 0.206. The van der Waals surface area contributed by atoms with Gasteiger partial charge in [-0.15, -0.1) is 0 Å². The van der Waals surface area contributed by atoms with E-state index in [1.807, 2.05) is 0 Å². The molecule has 0 spiro atoms. The van der Waals surface area contributed by atoms with Crippen LogP contribution in [0.1, 0.15) is 11.5 Å². The van der Waals surface area contributed by atoms with Gasteiger partial charge in [0.05, 0.1) is 11.2 Å². The number of sulfone groups is 1. The summed E-state index contributed by atoms with van der Waals surface area (Å²) in [6.07, 6.45) is 1.34. The Bertz CT molecular complexity index is 707. The molecule has 7 nitrogen and oxygen atoms in total. The van der Waals surface area contributed by atoms with Gasteiger partial charge in [0.15, 0.2) is 0 Å². The minimum atomic E-state index is -3.93. The molecule has 2 heterocycles. The molecule has 0 amide bonds. The summed E-state index contributed by atoms with van der Waals surface area (Å²) in [6.45, 7) is 1.57. The van der Waals surface area contributed by atoms with Crippen LogP contribution < -0.4 is 0 Å². The Morgan fingerprint density at radius 3 is 2.68 bits per heavy atom. The Labute approximate surface area is 109 Å². The van der Waals surface area contributed by atoms with Crippen molar-refractivity contribution in [3.05, 3.63) is 52.1 Å². The zero-order valence-corrected chi connectivity index (χ0v) is 10.8. The number of aryl methyl sites for hydroxylation is 1. The Kier molecular flexibility index (Phi) is 3.34.